The molecule has 20 heavy (non-hydrogen) atoms. The van der Waals surface area contributed by atoms with Gasteiger partial charge in [0.2, 0.25) is 0 Å². The van der Waals surface area contributed by atoms with Crippen LogP contribution in [0.1, 0.15) is 36.2 Å². The standard InChI is InChI=1S/C17H21ClN2/c1-3-7-20-17(12-16-6-4-5-8-19-16)14-9-13(2)10-15(18)11-14/h4-6,8-11,17,20H,3,7,12H2,1-2H3. The van der Waals surface area contributed by atoms with Gasteiger partial charge in [0.25, 0.3) is 0 Å². The van der Waals surface area contributed by atoms with Crippen molar-refractivity contribution >= 4 is 11.6 Å². The lowest BCUT2D eigenvalue weighted by atomic mass is 9.99. The van der Waals surface area contributed by atoms with E-state index in [4.69, 9.17) is 11.6 Å². The first-order valence-electron chi connectivity index (χ1n) is 7.09. The molecular weight excluding hydrogens is 268 g/mol. The van der Waals surface area contributed by atoms with Crippen molar-refractivity contribution in [2.75, 3.05) is 6.54 Å². The molecule has 3 heteroatoms. The monoisotopic (exact) mass is 288 g/mol. The maximum Gasteiger partial charge on any atom is 0.0422 e. The second-order valence-corrected chi connectivity index (χ2v) is 5.53. The van der Waals surface area contributed by atoms with Gasteiger partial charge in [-0.15, -0.1) is 0 Å². The second kappa shape index (κ2) is 7.41. The van der Waals surface area contributed by atoms with Crippen molar-refractivity contribution in [2.24, 2.45) is 0 Å². The summed E-state index contributed by atoms with van der Waals surface area (Å²) >= 11 is 6.19. The lowest BCUT2D eigenvalue weighted by molar-refractivity contribution is 0.524. The van der Waals surface area contributed by atoms with Gasteiger partial charge in [0.1, 0.15) is 0 Å². The molecule has 1 unspecified atom stereocenters. The van der Waals surface area contributed by atoms with Crippen LogP contribution in [0.2, 0.25) is 5.02 Å². The van der Waals surface area contributed by atoms with Crippen molar-refractivity contribution in [1.29, 1.82) is 0 Å². The van der Waals surface area contributed by atoms with Crippen LogP contribution in [-0.4, -0.2) is 11.5 Å². The fourth-order valence-corrected chi connectivity index (χ4v) is 2.62. The number of nitrogens with one attached hydrogen (secondary N) is 1. The molecule has 1 N–H and O–H groups in total. The fraction of sp³-hybridized carbons (Fsp3) is 0.353. The van der Waals surface area contributed by atoms with Gasteiger partial charge in [0, 0.05) is 29.4 Å². The van der Waals surface area contributed by atoms with Crippen molar-refractivity contribution < 1.29 is 0 Å². The van der Waals surface area contributed by atoms with Crippen molar-refractivity contribution in [3.05, 3.63) is 64.4 Å². The molecule has 106 valence electrons. The van der Waals surface area contributed by atoms with Gasteiger partial charge in [-0.2, -0.15) is 0 Å². The molecule has 2 rings (SSSR count). The molecule has 0 saturated heterocycles. The highest BCUT2D eigenvalue weighted by molar-refractivity contribution is 6.30. The van der Waals surface area contributed by atoms with Crippen molar-refractivity contribution in [3.63, 3.8) is 0 Å². The van der Waals surface area contributed by atoms with Crippen LogP contribution in [0.25, 0.3) is 0 Å². The fourth-order valence-electron chi connectivity index (χ4n) is 2.32. The number of benzene rings is 1. The minimum atomic E-state index is 0.252. The van der Waals surface area contributed by atoms with E-state index >= 15 is 0 Å². The Hall–Kier alpha value is -1.38. The summed E-state index contributed by atoms with van der Waals surface area (Å²) in [6.45, 7) is 5.24. The van der Waals surface area contributed by atoms with Gasteiger partial charge >= 0.3 is 0 Å². The van der Waals surface area contributed by atoms with E-state index in [-0.39, 0.29) is 6.04 Å². The maximum atomic E-state index is 6.19. The van der Waals surface area contributed by atoms with Gasteiger partial charge < -0.3 is 5.32 Å². The number of aryl methyl sites for hydroxylation is 1. The molecule has 0 fully saturated rings. The molecule has 0 saturated carbocycles. The summed E-state index contributed by atoms with van der Waals surface area (Å²) in [5.41, 5.74) is 3.52. The predicted octanol–water partition coefficient (Wildman–Crippen LogP) is 4.33. The molecular formula is C17H21ClN2. The molecule has 1 atom stereocenters. The Kier molecular flexibility index (Phi) is 5.57. The van der Waals surface area contributed by atoms with Crippen LogP contribution in [-0.2, 0) is 6.42 Å². The number of halogens is 1. The van der Waals surface area contributed by atoms with E-state index in [9.17, 15) is 0 Å². The van der Waals surface area contributed by atoms with Gasteiger partial charge in [-0.1, -0.05) is 30.7 Å². The lowest BCUT2D eigenvalue weighted by Gasteiger charge is -2.19. The Labute approximate surface area is 126 Å². The summed E-state index contributed by atoms with van der Waals surface area (Å²) in [5, 5.41) is 4.39. The molecule has 2 aromatic rings. The van der Waals surface area contributed by atoms with Crippen molar-refractivity contribution in [3.8, 4) is 0 Å². The molecule has 1 aromatic heterocycles. The molecule has 0 amide bonds. The van der Waals surface area contributed by atoms with E-state index < -0.39 is 0 Å². The first kappa shape index (κ1) is 15.0. The van der Waals surface area contributed by atoms with E-state index in [0.717, 1.165) is 30.1 Å². The number of nitrogens with zero attached hydrogens (tertiary/aromatic N) is 1. The minimum absolute atomic E-state index is 0.252. The summed E-state index contributed by atoms with van der Waals surface area (Å²) in [4.78, 5) is 4.42. The largest absolute Gasteiger partial charge is 0.310 e. The van der Waals surface area contributed by atoms with Crippen LogP contribution in [0.15, 0.2) is 42.6 Å². The maximum absolute atomic E-state index is 6.19. The highest BCUT2D eigenvalue weighted by atomic mass is 35.5. The van der Waals surface area contributed by atoms with Crippen LogP contribution in [0.3, 0.4) is 0 Å². The zero-order valence-electron chi connectivity index (χ0n) is 12.1. The summed E-state index contributed by atoms with van der Waals surface area (Å²) in [6, 6.07) is 12.5. The van der Waals surface area contributed by atoms with Crippen LogP contribution in [0.5, 0.6) is 0 Å². The van der Waals surface area contributed by atoms with E-state index in [0.29, 0.717) is 0 Å². The molecule has 0 aliphatic rings. The molecule has 0 spiro atoms. The molecule has 2 nitrogen and oxygen atoms in total. The lowest BCUT2D eigenvalue weighted by Crippen LogP contribution is -2.24. The first-order chi connectivity index (χ1) is 9.69. The highest BCUT2D eigenvalue weighted by Gasteiger charge is 2.13. The van der Waals surface area contributed by atoms with Gasteiger partial charge in [-0.3, -0.25) is 4.98 Å². The summed E-state index contributed by atoms with van der Waals surface area (Å²) in [7, 11) is 0. The quantitative estimate of drug-likeness (QED) is 0.856. The Balaban J connectivity index is 2.22. The molecule has 1 heterocycles. The van der Waals surface area contributed by atoms with Gasteiger partial charge in [-0.25, -0.2) is 0 Å². The summed E-state index contributed by atoms with van der Waals surface area (Å²) < 4.78 is 0. The van der Waals surface area contributed by atoms with E-state index in [1.54, 1.807) is 0 Å². The number of hydrogen-bond donors (Lipinski definition) is 1. The third-order valence-corrected chi connectivity index (χ3v) is 3.47. The average molecular weight is 289 g/mol. The Morgan fingerprint density at radius 2 is 2.10 bits per heavy atom. The Morgan fingerprint density at radius 3 is 2.75 bits per heavy atom. The highest BCUT2D eigenvalue weighted by Crippen LogP contribution is 2.23. The zero-order valence-corrected chi connectivity index (χ0v) is 12.8. The minimum Gasteiger partial charge on any atom is -0.310 e. The third-order valence-electron chi connectivity index (χ3n) is 3.25. The van der Waals surface area contributed by atoms with Gasteiger partial charge in [-0.05, 0) is 55.3 Å². The normalized spacial score (nSPS) is 12.3. The molecule has 1 aromatic carbocycles. The number of pyridine rings is 1. The van der Waals surface area contributed by atoms with E-state index in [1.165, 1.54) is 11.1 Å². The van der Waals surface area contributed by atoms with Gasteiger partial charge in [0.05, 0.1) is 0 Å². The smallest absolute Gasteiger partial charge is 0.0422 e. The van der Waals surface area contributed by atoms with Crippen molar-refractivity contribution in [2.45, 2.75) is 32.7 Å². The molecule has 0 aliphatic carbocycles. The molecule has 0 radical (unpaired) electrons. The molecule has 0 bridgehead atoms. The van der Waals surface area contributed by atoms with E-state index in [1.807, 2.05) is 30.5 Å². The summed E-state index contributed by atoms with van der Waals surface area (Å²) in [6.07, 6.45) is 3.83. The third kappa shape index (κ3) is 4.32. The zero-order chi connectivity index (χ0) is 14.4. The second-order valence-electron chi connectivity index (χ2n) is 5.09. The van der Waals surface area contributed by atoms with Crippen LogP contribution < -0.4 is 5.32 Å². The number of aromatic nitrogens is 1. The average Bonchev–Trinajstić information content (AvgIpc) is 2.43. The Bertz CT molecular complexity index is 520. The predicted molar refractivity (Wildman–Crippen MR) is 85.2 cm³/mol. The molecule has 0 aliphatic heterocycles. The van der Waals surface area contributed by atoms with Gasteiger partial charge in [0.15, 0.2) is 0 Å². The Morgan fingerprint density at radius 1 is 1.25 bits per heavy atom. The van der Waals surface area contributed by atoms with Crippen LogP contribution in [0, 0.1) is 6.92 Å². The number of rotatable bonds is 6. The van der Waals surface area contributed by atoms with Crippen molar-refractivity contribution in [1.82, 2.24) is 10.3 Å². The number of hydrogen-bond acceptors (Lipinski definition) is 2. The summed E-state index contributed by atoms with van der Waals surface area (Å²) in [5.74, 6) is 0. The SMILES string of the molecule is CCCNC(Cc1ccccn1)c1cc(C)cc(Cl)c1. The van der Waals surface area contributed by atoms with Crippen LogP contribution in [0.4, 0.5) is 0 Å². The van der Waals surface area contributed by atoms with Crippen LogP contribution >= 0.6 is 11.6 Å². The van der Waals surface area contributed by atoms with E-state index in [2.05, 4.69) is 36.3 Å². The first-order valence-corrected chi connectivity index (χ1v) is 7.47. The topological polar surface area (TPSA) is 24.9 Å².